The molecule has 2 aliphatic rings. The van der Waals surface area contributed by atoms with Crippen LogP contribution in [0.5, 0.6) is 0 Å². The van der Waals surface area contributed by atoms with Crippen molar-refractivity contribution in [1.82, 2.24) is 5.32 Å². The van der Waals surface area contributed by atoms with Crippen LogP contribution in [0.1, 0.15) is 32.6 Å². The quantitative estimate of drug-likeness (QED) is 0.904. The molecule has 0 spiro atoms. The van der Waals surface area contributed by atoms with Crippen LogP contribution in [0.4, 0.5) is 0 Å². The molecule has 1 N–H and O–H groups in total. The third kappa shape index (κ3) is 2.77. The van der Waals surface area contributed by atoms with E-state index in [0.717, 1.165) is 0 Å². The fraction of sp³-hybridized carbons (Fsp3) is 0.667. The number of carbonyl (C=O) groups is 1. The second kappa shape index (κ2) is 5.66. The molecule has 1 amide bonds. The normalized spacial score (nSPS) is 34.4. The fourth-order valence-electron chi connectivity index (χ4n) is 3.05. The van der Waals surface area contributed by atoms with Gasteiger partial charge in [-0.2, -0.15) is 0 Å². The van der Waals surface area contributed by atoms with Crippen molar-refractivity contribution in [3.05, 3.63) is 24.2 Å². The molecular formula is C15H21NO6. The molecule has 7 heteroatoms. The SMILES string of the molecule is CO[C@H]1O[C@H]([C@H](NC(C)=O)c2ccco2)[C@@H]2OC(C)(C)O[C@H]12. The van der Waals surface area contributed by atoms with Crippen molar-refractivity contribution in [3.8, 4) is 0 Å². The summed E-state index contributed by atoms with van der Waals surface area (Å²) in [6.07, 6.45) is -0.173. The number of nitrogens with one attached hydrogen (secondary N) is 1. The Hall–Kier alpha value is -1.41. The van der Waals surface area contributed by atoms with Crippen molar-refractivity contribution < 1.29 is 28.2 Å². The molecule has 0 aliphatic carbocycles. The molecule has 0 unspecified atom stereocenters. The molecule has 0 aromatic carbocycles. The summed E-state index contributed by atoms with van der Waals surface area (Å²) in [7, 11) is 1.55. The largest absolute Gasteiger partial charge is 0.467 e. The zero-order chi connectivity index (χ0) is 15.9. The van der Waals surface area contributed by atoms with Gasteiger partial charge in [0.25, 0.3) is 0 Å². The average molecular weight is 311 g/mol. The second-order valence-corrected chi connectivity index (χ2v) is 5.96. The second-order valence-electron chi connectivity index (χ2n) is 5.96. The number of fused-ring (bicyclic) bond motifs is 1. The maximum atomic E-state index is 11.6. The van der Waals surface area contributed by atoms with E-state index >= 15 is 0 Å². The molecule has 5 atom stereocenters. The van der Waals surface area contributed by atoms with Gasteiger partial charge >= 0.3 is 0 Å². The smallest absolute Gasteiger partial charge is 0.217 e. The van der Waals surface area contributed by atoms with Crippen LogP contribution in [0, 0.1) is 0 Å². The highest BCUT2D eigenvalue weighted by Crippen LogP contribution is 2.42. The Labute approximate surface area is 128 Å². The van der Waals surface area contributed by atoms with E-state index in [1.54, 1.807) is 25.5 Å². The average Bonchev–Trinajstić information content (AvgIpc) is 3.10. The van der Waals surface area contributed by atoms with Gasteiger partial charge in [-0.25, -0.2) is 0 Å². The summed E-state index contributed by atoms with van der Waals surface area (Å²) in [6.45, 7) is 5.14. The van der Waals surface area contributed by atoms with Crippen molar-refractivity contribution in [2.24, 2.45) is 0 Å². The van der Waals surface area contributed by atoms with E-state index in [4.69, 9.17) is 23.4 Å². The summed E-state index contributed by atoms with van der Waals surface area (Å²) in [5.74, 6) is -0.303. The van der Waals surface area contributed by atoms with Crippen molar-refractivity contribution in [3.63, 3.8) is 0 Å². The van der Waals surface area contributed by atoms with Gasteiger partial charge in [-0.05, 0) is 26.0 Å². The summed E-state index contributed by atoms with van der Waals surface area (Å²) >= 11 is 0. The fourth-order valence-corrected chi connectivity index (χ4v) is 3.05. The van der Waals surface area contributed by atoms with Crippen LogP contribution in [-0.4, -0.2) is 43.4 Å². The topological polar surface area (TPSA) is 79.2 Å². The van der Waals surface area contributed by atoms with E-state index in [1.807, 2.05) is 13.8 Å². The van der Waals surface area contributed by atoms with Gasteiger partial charge in [0.05, 0.1) is 6.26 Å². The Balaban J connectivity index is 1.89. The van der Waals surface area contributed by atoms with E-state index in [1.165, 1.54) is 6.92 Å². The van der Waals surface area contributed by atoms with Gasteiger partial charge < -0.3 is 28.7 Å². The van der Waals surface area contributed by atoms with Gasteiger partial charge in [-0.1, -0.05) is 0 Å². The summed E-state index contributed by atoms with van der Waals surface area (Å²) in [5, 5.41) is 2.86. The van der Waals surface area contributed by atoms with E-state index < -0.39 is 24.2 Å². The van der Waals surface area contributed by atoms with Crippen molar-refractivity contribution >= 4 is 5.91 Å². The number of methoxy groups -OCH3 is 1. The lowest BCUT2D eigenvalue weighted by atomic mass is 10.0. The minimum atomic E-state index is -0.724. The van der Waals surface area contributed by atoms with Gasteiger partial charge in [0, 0.05) is 14.0 Å². The van der Waals surface area contributed by atoms with Crippen molar-refractivity contribution in [1.29, 1.82) is 0 Å². The van der Waals surface area contributed by atoms with Crippen LogP contribution in [-0.2, 0) is 23.7 Å². The molecule has 0 saturated carbocycles. The molecule has 1 aromatic heterocycles. The van der Waals surface area contributed by atoms with E-state index in [0.29, 0.717) is 5.76 Å². The van der Waals surface area contributed by atoms with Crippen LogP contribution in [0.25, 0.3) is 0 Å². The number of hydrogen-bond acceptors (Lipinski definition) is 6. The van der Waals surface area contributed by atoms with Crippen LogP contribution >= 0.6 is 0 Å². The van der Waals surface area contributed by atoms with Gasteiger partial charge in [-0.15, -0.1) is 0 Å². The molecule has 2 fully saturated rings. The zero-order valence-corrected chi connectivity index (χ0v) is 13.1. The van der Waals surface area contributed by atoms with E-state index in [9.17, 15) is 4.79 Å². The lowest BCUT2D eigenvalue weighted by Crippen LogP contribution is -2.42. The van der Waals surface area contributed by atoms with Gasteiger partial charge in [-0.3, -0.25) is 4.79 Å². The first kappa shape index (κ1) is 15.5. The zero-order valence-electron chi connectivity index (χ0n) is 13.1. The van der Waals surface area contributed by atoms with Crippen LogP contribution < -0.4 is 5.32 Å². The standard InChI is InChI=1S/C15H21NO6/c1-8(17)16-10(9-6-5-7-19-9)11-12-13(14(18-4)20-11)22-15(2,3)21-12/h5-7,10-14H,1-4H3,(H,16,17)/t10-,11-,12+,13+,14+/m1/s1. The first-order valence-electron chi connectivity index (χ1n) is 7.25. The Bertz CT molecular complexity index is 528. The molecule has 3 rings (SSSR count). The number of carbonyl (C=O) groups excluding carboxylic acids is 1. The van der Waals surface area contributed by atoms with Crippen LogP contribution in [0.15, 0.2) is 22.8 Å². The molecule has 2 aliphatic heterocycles. The van der Waals surface area contributed by atoms with E-state index in [2.05, 4.69) is 5.32 Å². The minimum Gasteiger partial charge on any atom is -0.467 e. The number of hydrogen-bond donors (Lipinski definition) is 1. The monoisotopic (exact) mass is 311 g/mol. The molecule has 1 aromatic rings. The lowest BCUT2D eigenvalue weighted by molar-refractivity contribution is -0.230. The number of furan rings is 1. The number of rotatable bonds is 4. The Morgan fingerprint density at radius 1 is 1.36 bits per heavy atom. The maximum absolute atomic E-state index is 11.6. The summed E-state index contributed by atoms with van der Waals surface area (Å²) in [5.41, 5.74) is 0. The Kier molecular flexibility index (Phi) is 3.98. The highest BCUT2D eigenvalue weighted by Gasteiger charge is 2.58. The summed E-state index contributed by atoms with van der Waals surface area (Å²) < 4.78 is 28.5. The van der Waals surface area contributed by atoms with Gasteiger partial charge in [0.1, 0.15) is 30.1 Å². The summed E-state index contributed by atoms with van der Waals surface area (Å²) in [4.78, 5) is 11.6. The third-order valence-electron chi connectivity index (χ3n) is 3.82. The molecule has 122 valence electrons. The minimum absolute atomic E-state index is 0.180. The van der Waals surface area contributed by atoms with Gasteiger partial charge in [0.2, 0.25) is 5.91 Å². The molecule has 3 heterocycles. The Morgan fingerprint density at radius 2 is 2.09 bits per heavy atom. The third-order valence-corrected chi connectivity index (χ3v) is 3.82. The predicted octanol–water partition coefficient (Wildman–Crippen LogP) is 1.35. The molecule has 2 saturated heterocycles. The van der Waals surface area contributed by atoms with Crippen molar-refractivity contribution in [2.45, 2.75) is 57.2 Å². The van der Waals surface area contributed by atoms with Crippen molar-refractivity contribution in [2.75, 3.05) is 7.11 Å². The highest BCUT2D eigenvalue weighted by molar-refractivity contribution is 5.73. The lowest BCUT2D eigenvalue weighted by Gasteiger charge is -2.28. The molecular weight excluding hydrogens is 290 g/mol. The highest BCUT2D eigenvalue weighted by atomic mass is 16.8. The summed E-state index contributed by atoms with van der Waals surface area (Å²) in [6, 6.07) is 3.08. The predicted molar refractivity (Wildman–Crippen MR) is 74.8 cm³/mol. The molecule has 22 heavy (non-hydrogen) atoms. The first-order valence-corrected chi connectivity index (χ1v) is 7.25. The van der Waals surface area contributed by atoms with E-state index in [-0.39, 0.29) is 18.1 Å². The molecule has 0 radical (unpaired) electrons. The first-order chi connectivity index (χ1) is 10.4. The molecule has 7 nitrogen and oxygen atoms in total. The Morgan fingerprint density at radius 3 is 2.68 bits per heavy atom. The maximum Gasteiger partial charge on any atom is 0.217 e. The van der Waals surface area contributed by atoms with Gasteiger partial charge in [0.15, 0.2) is 12.1 Å². The number of amides is 1. The van der Waals surface area contributed by atoms with Crippen LogP contribution in [0.2, 0.25) is 0 Å². The van der Waals surface area contributed by atoms with Crippen LogP contribution in [0.3, 0.4) is 0 Å². The molecule has 0 bridgehead atoms. The number of ether oxygens (including phenoxy) is 4.